The minimum atomic E-state index is -4.93. The van der Waals surface area contributed by atoms with Crippen LogP contribution in [0.4, 0.5) is 13.2 Å². The van der Waals surface area contributed by atoms with E-state index in [0.717, 1.165) is 12.8 Å². The Morgan fingerprint density at radius 2 is 1.90 bits per heavy atom. The molecule has 4 heterocycles. The van der Waals surface area contributed by atoms with Gasteiger partial charge in [-0.15, -0.1) is 0 Å². The Bertz CT molecular complexity index is 673. The van der Waals surface area contributed by atoms with Crippen molar-refractivity contribution in [3.8, 4) is 0 Å². The molecule has 1 saturated carbocycles. The summed E-state index contributed by atoms with van der Waals surface area (Å²) in [5, 5.41) is 0. The van der Waals surface area contributed by atoms with Crippen LogP contribution in [0.2, 0.25) is 0 Å². The highest BCUT2D eigenvalue weighted by Crippen LogP contribution is 2.60. The third kappa shape index (κ3) is 3.44. The van der Waals surface area contributed by atoms with Gasteiger partial charge in [-0.05, 0) is 44.9 Å². The summed E-state index contributed by atoms with van der Waals surface area (Å²) in [7, 11) is 0. The third-order valence-electron chi connectivity index (χ3n) is 7.17. The van der Waals surface area contributed by atoms with E-state index in [1.54, 1.807) is 13.8 Å². The lowest BCUT2D eigenvalue weighted by atomic mass is 9.58. The lowest BCUT2D eigenvalue weighted by Gasteiger charge is -2.60. The average Bonchev–Trinajstić information content (AvgIpc) is 2.88. The second-order valence-electron chi connectivity index (χ2n) is 9.08. The summed E-state index contributed by atoms with van der Waals surface area (Å²) in [5.41, 5.74) is -0.912. The highest BCUT2D eigenvalue weighted by Gasteiger charge is 2.70. The molecule has 0 N–H and O–H groups in total. The molecule has 172 valence electrons. The first kappa shape index (κ1) is 22.3. The first-order valence-electron chi connectivity index (χ1n) is 10.6. The molecule has 5 rings (SSSR count). The van der Waals surface area contributed by atoms with Gasteiger partial charge < -0.3 is 18.9 Å². The van der Waals surface area contributed by atoms with E-state index >= 15 is 0 Å². The van der Waals surface area contributed by atoms with E-state index in [1.807, 2.05) is 0 Å². The van der Waals surface area contributed by atoms with Crippen LogP contribution >= 0.6 is 0 Å². The van der Waals surface area contributed by atoms with E-state index in [4.69, 9.17) is 24.0 Å². The van der Waals surface area contributed by atoms with Crippen LogP contribution < -0.4 is 0 Å². The molecule has 5 aliphatic rings. The van der Waals surface area contributed by atoms with E-state index in [0.29, 0.717) is 18.8 Å². The SMILES string of the molecule is CCOC(=O)C(OC1O[C@@H]2O[C@]3(C)CC[C@H]4[C@H](C)CC[C@@H]([C@H]1C)[C@@]24OO3)C(F)(F)F. The van der Waals surface area contributed by atoms with Gasteiger partial charge in [-0.25, -0.2) is 14.6 Å². The molecule has 10 heteroatoms. The van der Waals surface area contributed by atoms with Gasteiger partial charge in [0.25, 0.3) is 6.10 Å². The Morgan fingerprint density at radius 3 is 2.57 bits per heavy atom. The Hall–Kier alpha value is -0.940. The van der Waals surface area contributed by atoms with Gasteiger partial charge in [0.2, 0.25) is 5.79 Å². The molecule has 0 amide bonds. The molecule has 9 atom stereocenters. The van der Waals surface area contributed by atoms with Crippen LogP contribution in [0.3, 0.4) is 0 Å². The van der Waals surface area contributed by atoms with Crippen molar-refractivity contribution in [2.45, 2.75) is 89.6 Å². The number of hydrogen-bond donors (Lipinski definition) is 0. The van der Waals surface area contributed by atoms with E-state index in [2.05, 4.69) is 11.7 Å². The lowest BCUT2D eigenvalue weighted by Crippen LogP contribution is -2.71. The molecule has 2 unspecified atom stereocenters. The average molecular weight is 438 g/mol. The molecule has 2 bridgehead atoms. The predicted octanol–water partition coefficient (Wildman–Crippen LogP) is 3.71. The highest BCUT2D eigenvalue weighted by molar-refractivity contribution is 5.75. The monoisotopic (exact) mass is 438 g/mol. The van der Waals surface area contributed by atoms with E-state index in [1.165, 1.54) is 6.92 Å². The normalized spacial score (nSPS) is 46.6. The van der Waals surface area contributed by atoms with Crippen molar-refractivity contribution < 1.29 is 46.7 Å². The zero-order valence-corrected chi connectivity index (χ0v) is 17.6. The van der Waals surface area contributed by atoms with Crippen LogP contribution in [-0.2, 0) is 33.5 Å². The maximum absolute atomic E-state index is 13.5. The van der Waals surface area contributed by atoms with Gasteiger partial charge in [0.1, 0.15) is 0 Å². The fourth-order valence-electron chi connectivity index (χ4n) is 5.65. The summed E-state index contributed by atoms with van der Waals surface area (Å²) in [6.45, 7) is 6.88. The standard InChI is InChI=1S/C20H29F3O7/c1-5-25-15(24)14(20(21,22)23)26-16-11(3)13-7-6-10(2)12-8-9-18(4)28-17(27-16)19(12,13)30-29-18/h10-14,16-17H,5-9H2,1-4H3/t10-,11-,12+,13+,14?,16?,17-,18+,19-/m1/s1. The smallest absolute Gasteiger partial charge is 0.425 e. The molecule has 5 fully saturated rings. The van der Waals surface area contributed by atoms with Crippen LogP contribution in [0.5, 0.6) is 0 Å². The van der Waals surface area contributed by atoms with Gasteiger partial charge >= 0.3 is 12.1 Å². The third-order valence-corrected chi connectivity index (χ3v) is 7.17. The fourth-order valence-corrected chi connectivity index (χ4v) is 5.65. The van der Waals surface area contributed by atoms with Crippen molar-refractivity contribution in [2.24, 2.45) is 23.7 Å². The first-order chi connectivity index (χ1) is 14.0. The number of fused-ring (bicyclic) bond motifs is 2. The number of halogens is 3. The van der Waals surface area contributed by atoms with Crippen LogP contribution in [-0.4, -0.2) is 48.8 Å². The number of esters is 1. The van der Waals surface area contributed by atoms with Gasteiger partial charge in [0.05, 0.1) is 6.61 Å². The molecule has 4 saturated heterocycles. The van der Waals surface area contributed by atoms with Gasteiger partial charge in [-0.2, -0.15) is 13.2 Å². The zero-order valence-electron chi connectivity index (χ0n) is 17.6. The van der Waals surface area contributed by atoms with Crippen LogP contribution in [0.15, 0.2) is 0 Å². The number of carbonyl (C=O) groups is 1. The molecule has 4 aliphatic heterocycles. The summed E-state index contributed by atoms with van der Waals surface area (Å²) in [5.74, 6) is -2.81. The van der Waals surface area contributed by atoms with E-state index in [-0.39, 0.29) is 18.4 Å². The quantitative estimate of drug-likeness (QED) is 0.490. The summed E-state index contributed by atoms with van der Waals surface area (Å²) in [6, 6.07) is 0. The zero-order chi connectivity index (χ0) is 21.9. The molecule has 0 aromatic carbocycles. The van der Waals surface area contributed by atoms with Crippen molar-refractivity contribution >= 4 is 5.97 Å². The Labute approximate surface area is 173 Å². The summed E-state index contributed by atoms with van der Waals surface area (Å²) in [6.07, 6.45) is -6.91. The maximum atomic E-state index is 13.5. The summed E-state index contributed by atoms with van der Waals surface area (Å²) in [4.78, 5) is 23.6. The largest absolute Gasteiger partial charge is 0.464 e. The Morgan fingerprint density at radius 1 is 1.17 bits per heavy atom. The molecule has 0 radical (unpaired) electrons. The number of hydrogen-bond acceptors (Lipinski definition) is 7. The Kier molecular flexibility index (Phi) is 5.63. The first-order valence-corrected chi connectivity index (χ1v) is 10.6. The topological polar surface area (TPSA) is 72.5 Å². The van der Waals surface area contributed by atoms with Gasteiger partial charge in [0, 0.05) is 18.3 Å². The summed E-state index contributed by atoms with van der Waals surface area (Å²) < 4.78 is 62.4. The van der Waals surface area contributed by atoms with E-state index < -0.39 is 48.1 Å². The van der Waals surface area contributed by atoms with Gasteiger partial charge in [0.15, 0.2) is 18.2 Å². The molecule has 0 aromatic heterocycles. The van der Waals surface area contributed by atoms with Crippen LogP contribution in [0.25, 0.3) is 0 Å². The van der Waals surface area contributed by atoms with Gasteiger partial charge in [-0.1, -0.05) is 13.8 Å². The van der Waals surface area contributed by atoms with Crippen LogP contribution in [0.1, 0.15) is 53.4 Å². The molecular weight excluding hydrogens is 409 g/mol. The number of carbonyl (C=O) groups excluding carboxylic acids is 1. The minimum absolute atomic E-state index is 0.0810. The number of ether oxygens (including phenoxy) is 4. The van der Waals surface area contributed by atoms with Crippen molar-refractivity contribution in [1.82, 2.24) is 0 Å². The second kappa shape index (κ2) is 7.58. The maximum Gasteiger partial charge on any atom is 0.425 e. The highest BCUT2D eigenvalue weighted by atomic mass is 19.4. The lowest BCUT2D eigenvalue weighted by molar-refractivity contribution is -0.578. The summed E-state index contributed by atoms with van der Waals surface area (Å²) >= 11 is 0. The Balaban J connectivity index is 1.64. The predicted molar refractivity (Wildman–Crippen MR) is 94.4 cm³/mol. The molecule has 1 aliphatic carbocycles. The molecule has 30 heavy (non-hydrogen) atoms. The second-order valence-corrected chi connectivity index (χ2v) is 9.08. The molecular formula is C20H29F3O7. The molecule has 7 nitrogen and oxygen atoms in total. The van der Waals surface area contributed by atoms with Crippen molar-refractivity contribution in [1.29, 1.82) is 0 Å². The van der Waals surface area contributed by atoms with Crippen molar-refractivity contribution in [3.63, 3.8) is 0 Å². The van der Waals surface area contributed by atoms with Crippen molar-refractivity contribution in [3.05, 3.63) is 0 Å². The minimum Gasteiger partial charge on any atom is -0.464 e. The van der Waals surface area contributed by atoms with Crippen molar-refractivity contribution in [2.75, 3.05) is 6.61 Å². The fraction of sp³-hybridized carbons (Fsp3) is 0.950. The molecule has 1 spiro atoms. The van der Waals surface area contributed by atoms with Crippen LogP contribution in [0, 0.1) is 23.7 Å². The number of rotatable bonds is 4. The van der Waals surface area contributed by atoms with Gasteiger partial charge in [-0.3, -0.25) is 0 Å². The van der Waals surface area contributed by atoms with E-state index in [9.17, 15) is 18.0 Å². The molecule has 0 aromatic rings. The number of alkyl halides is 3.